The predicted octanol–water partition coefficient (Wildman–Crippen LogP) is 2.12. The Balaban J connectivity index is 2.70. The van der Waals surface area contributed by atoms with Crippen LogP contribution in [0, 0.1) is 0 Å². The summed E-state index contributed by atoms with van der Waals surface area (Å²) >= 11 is 3.34. The van der Waals surface area contributed by atoms with E-state index in [0.717, 1.165) is 10.2 Å². The van der Waals surface area contributed by atoms with Gasteiger partial charge in [0.05, 0.1) is 11.7 Å². The summed E-state index contributed by atoms with van der Waals surface area (Å²) in [6.45, 7) is 1.88. The van der Waals surface area contributed by atoms with Gasteiger partial charge in [0.1, 0.15) is 0 Å². The van der Waals surface area contributed by atoms with Crippen LogP contribution in [0.25, 0.3) is 0 Å². The van der Waals surface area contributed by atoms with E-state index in [0.29, 0.717) is 6.42 Å². The van der Waals surface area contributed by atoms with E-state index in [4.69, 9.17) is 5.73 Å². The molecule has 3 nitrogen and oxygen atoms in total. The second-order valence-corrected chi connectivity index (χ2v) is 3.84. The summed E-state index contributed by atoms with van der Waals surface area (Å²) in [5, 5.41) is 2.75. The highest BCUT2D eigenvalue weighted by molar-refractivity contribution is 9.10. The Morgan fingerprint density at radius 2 is 2.21 bits per heavy atom. The van der Waals surface area contributed by atoms with Gasteiger partial charge in [-0.05, 0) is 34.5 Å². The first-order valence-corrected chi connectivity index (χ1v) is 5.25. The molecule has 0 aliphatic heterocycles. The average Bonchev–Trinajstić information content (AvgIpc) is 2.20. The first-order valence-electron chi connectivity index (χ1n) is 4.46. The van der Waals surface area contributed by atoms with Crippen LogP contribution in [-0.4, -0.2) is 11.9 Å². The van der Waals surface area contributed by atoms with E-state index < -0.39 is 6.04 Å². The van der Waals surface area contributed by atoms with Crippen LogP contribution in [0.15, 0.2) is 28.7 Å². The molecule has 0 saturated carbocycles. The number of carbonyl (C=O) groups excluding carboxylic acids is 1. The molecule has 76 valence electrons. The average molecular weight is 257 g/mol. The minimum atomic E-state index is -0.442. The van der Waals surface area contributed by atoms with Gasteiger partial charge in [0.2, 0.25) is 5.91 Å². The molecule has 4 heteroatoms. The van der Waals surface area contributed by atoms with Crippen LogP contribution in [0.1, 0.15) is 13.3 Å². The highest BCUT2D eigenvalue weighted by Gasteiger charge is 2.11. The summed E-state index contributed by atoms with van der Waals surface area (Å²) in [6, 6.07) is 7.00. The second kappa shape index (κ2) is 5.12. The molecule has 0 aliphatic rings. The van der Waals surface area contributed by atoms with E-state index in [1.807, 2.05) is 31.2 Å². The minimum Gasteiger partial charge on any atom is -0.324 e. The monoisotopic (exact) mass is 256 g/mol. The predicted molar refractivity (Wildman–Crippen MR) is 61.0 cm³/mol. The lowest BCUT2D eigenvalue weighted by Crippen LogP contribution is -2.34. The van der Waals surface area contributed by atoms with Crippen LogP contribution in [-0.2, 0) is 4.79 Å². The van der Waals surface area contributed by atoms with Crippen LogP contribution in [0.5, 0.6) is 0 Å². The van der Waals surface area contributed by atoms with Crippen LogP contribution in [0.2, 0.25) is 0 Å². The molecule has 1 atom stereocenters. The van der Waals surface area contributed by atoms with Gasteiger partial charge in [0.25, 0.3) is 0 Å². The summed E-state index contributed by atoms with van der Waals surface area (Å²) in [6.07, 6.45) is 0.635. The molecule has 0 saturated heterocycles. The van der Waals surface area contributed by atoms with Crippen LogP contribution in [0.4, 0.5) is 5.69 Å². The zero-order valence-electron chi connectivity index (χ0n) is 7.96. The summed E-state index contributed by atoms with van der Waals surface area (Å²) in [4.78, 5) is 11.4. The van der Waals surface area contributed by atoms with Crippen molar-refractivity contribution in [3.05, 3.63) is 28.7 Å². The lowest BCUT2D eigenvalue weighted by molar-refractivity contribution is -0.117. The first-order chi connectivity index (χ1) is 6.65. The smallest absolute Gasteiger partial charge is 0.241 e. The third kappa shape index (κ3) is 2.82. The molecule has 0 aromatic heterocycles. The number of nitrogens with one attached hydrogen (secondary N) is 1. The Morgan fingerprint density at radius 3 is 2.79 bits per heavy atom. The number of halogens is 1. The van der Waals surface area contributed by atoms with E-state index in [1.165, 1.54) is 0 Å². The maximum absolute atomic E-state index is 11.4. The molecule has 1 aromatic carbocycles. The molecule has 0 bridgehead atoms. The molecule has 0 radical (unpaired) electrons. The fourth-order valence-electron chi connectivity index (χ4n) is 0.973. The van der Waals surface area contributed by atoms with E-state index >= 15 is 0 Å². The Labute approximate surface area is 91.8 Å². The maximum Gasteiger partial charge on any atom is 0.241 e. The third-order valence-corrected chi connectivity index (χ3v) is 2.60. The quantitative estimate of drug-likeness (QED) is 0.871. The standard InChI is InChI=1S/C10H13BrN2O/c1-2-8(12)10(14)13-9-6-4-3-5-7(9)11/h3-6,8H,2,12H2,1H3,(H,13,14). The number of benzene rings is 1. The molecule has 1 aromatic rings. The summed E-state index contributed by atoms with van der Waals surface area (Å²) in [5.41, 5.74) is 6.34. The van der Waals surface area contributed by atoms with Crippen molar-refractivity contribution in [1.29, 1.82) is 0 Å². The maximum atomic E-state index is 11.4. The molecular weight excluding hydrogens is 244 g/mol. The van der Waals surface area contributed by atoms with Crippen molar-refractivity contribution in [3.8, 4) is 0 Å². The SMILES string of the molecule is CCC(N)C(=O)Nc1ccccc1Br. The van der Waals surface area contributed by atoms with Gasteiger partial charge in [-0.25, -0.2) is 0 Å². The van der Waals surface area contributed by atoms with Crippen molar-refractivity contribution in [2.45, 2.75) is 19.4 Å². The van der Waals surface area contributed by atoms with Gasteiger partial charge < -0.3 is 11.1 Å². The van der Waals surface area contributed by atoms with E-state index in [1.54, 1.807) is 0 Å². The zero-order chi connectivity index (χ0) is 10.6. The summed E-state index contributed by atoms with van der Waals surface area (Å²) in [7, 11) is 0. The number of para-hydroxylation sites is 1. The molecule has 14 heavy (non-hydrogen) atoms. The Bertz CT molecular complexity index is 328. The fourth-order valence-corrected chi connectivity index (χ4v) is 1.36. The fraction of sp³-hybridized carbons (Fsp3) is 0.300. The molecule has 0 heterocycles. The third-order valence-electron chi connectivity index (χ3n) is 1.91. The number of hydrogen-bond donors (Lipinski definition) is 2. The molecule has 3 N–H and O–H groups in total. The van der Waals surface area contributed by atoms with Crippen molar-refractivity contribution in [3.63, 3.8) is 0 Å². The molecule has 1 unspecified atom stereocenters. The summed E-state index contributed by atoms with van der Waals surface area (Å²) < 4.78 is 0.858. The van der Waals surface area contributed by atoms with Crippen LogP contribution < -0.4 is 11.1 Å². The van der Waals surface area contributed by atoms with Gasteiger partial charge >= 0.3 is 0 Å². The number of anilines is 1. The molecule has 0 spiro atoms. The lowest BCUT2D eigenvalue weighted by Gasteiger charge is -2.10. The Kier molecular flexibility index (Phi) is 4.10. The summed E-state index contributed by atoms with van der Waals surface area (Å²) in [5.74, 6) is -0.153. The van der Waals surface area contributed by atoms with Gasteiger partial charge in [-0.15, -0.1) is 0 Å². The van der Waals surface area contributed by atoms with Gasteiger partial charge in [0.15, 0.2) is 0 Å². The van der Waals surface area contributed by atoms with Crippen molar-refractivity contribution < 1.29 is 4.79 Å². The van der Waals surface area contributed by atoms with Crippen LogP contribution >= 0.6 is 15.9 Å². The largest absolute Gasteiger partial charge is 0.324 e. The highest BCUT2D eigenvalue weighted by atomic mass is 79.9. The van der Waals surface area contributed by atoms with E-state index in [2.05, 4.69) is 21.2 Å². The number of carbonyl (C=O) groups is 1. The van der Waals surface area contributed by atoms with E-state index in [9.17, 15) is 4.79 Å². The number of rotatable bonds is 3. The first kappa shape index (κ1) is 11.2. The van der Waals surface area contributed by atoms with Gasteiger partial charge in [-0.3, -0.25) is 4.79 Å². The second-order valence-electron chi connectivity index (χ2n) is 2.98. The van der Waals surface area contributed by atoms with Crippen molar-refractivity contribution >= 4 is 27.5 Å². The lowest BCUT2D eigenvalue weighted by atomic mass is 10.2. The molecular formula is C10H13BrN2O. The number of nitrogens with two attached hydrogens (primary N) is 1. The highest BCUT2D eigenvalue weighted by Crippen LogP contribution is 2.21. The van der Waals surface area contributed by atoms with Gasteiger partial charge in [0, 0.05) is 4.47 Å². The van der Waals surface area contributed by atoms with Crippen LogP contribution in [0.3, 0.4) is 0 Å². The number of amides is 1. The topological polar surface area (TPSA) is 55.1 Å². The molecule has 1 amide bonds. The van der Waals surface area contributed by atoms with Crippen molar-refractivity contribution in [2.75, 3.05) is 5.32 Å². The molecule has 1 rings (SSSR count). The van der Waals surface area contributed by atoms with Crippen molar-refractivity contribution in [2.24, 2.45) is 5.73 Å². The minimum absolute atomic E-state index is 0.153. The zero-order valence-corrected chi connectivity index (χ0v) is 9.54. The molecule has 0 fully saturated rings. The Morgan fingerprint density at radius 1 is 1.57 bits per heavy atom. The molecule has 0 aliphatic carbocycles. The normalized spacial score (nSPS) is 12.2. The Hall–Kier alpha value is -0.870. The van der Waals surface area contributed by atoms with Gasteiger partial charge in [-0.2, -0.15) is 0 Å². The van der Waals surface area contributed by atoms with E-state index in [-0.39, 0.29) is 5.91 Å². The number of hydrogen-bond acceptors (Lipinski definition) is 2. The van der Waals surface area contributed by atoms with Crippen molar-refractivity contribution in [1.82, 2.24) is 0 Å². The van der Waals surface area contributed by atoms with Gasteiger partial charge in [-0.1, -0.05) is 19.1 Å².